The van der Waals surface area contributed by atoms with E-state index < -0.39 is 0 Å². The summed E-state index contributed by atoms with van der Waals surface area (Å²) in [6, 6.07) is 0. The summed E-state index contributed by atoms with van der Waals surface area (Å²) in [5, 5.41) is 0. The van der Waals surface area contributed by atoms with Crippen LogP contribution in [0.15, 0.2) is 0 Å². The Morgan fingerprint density at radius 1 is 0.632 bits per heavy atom. The Morgan fingerprint density at radius 2 is 0.974 bits per heavy atom. The Balaban J connectivity index is 2.16. The smallest absolute Gasteiger partial charge is 0.308 e. The van der Waals surface area contributed by atoms with Gasteiger partial charge < -0.3 is 9.47 Å². The zero-order chi connectivity index (χ0) is 28.6. The summed E-state index contributed by atoms with van der Waals surface area (Å²) in [5.41, 5.74) is 0.770. The molecule has 0 N–H and O–H groups in total. The summed E-state index contributed by atoms with van der Waals surface area (Å²) in [7, 11) is 0. The molecule has 1 fully saturated rings. The first-order valence-corrected chi connectivity index (χ1v) is 16.3. The molecule has 224 valence electrons. The van der Waals surface area contributed by atoms with Gasteiger partial charge in [0, 0.05) is 0 Å². The van der Waals surface area contributed by atoms with Gasteiger partial charge in [0.25, 0.3) is 0 Å². The van der Waals surface area contributed by atoms with E-state index in [4.69, 9.17) is 9.47 Å². The minimum atomic E-state index is -0.0656. The summed E-state index contributed by atoms with van der Waals surface area (Å²) < 4.78 is 11.2. The molecular weight excluding hydrogens is 472 g/mol. The molecule has 0 aromatic heterocycles. The van der Waals surface area contributed by atoms with Crippen molar-refractivity contribution >= 4 is 11.9 Å². The SMILES string of the molecule is CCCCC(C)(C)C(C)CCCCOC(=O)C1CCC(C(=O)OCCCCC(C)C(C)(C)CCCC)CC1. The molecule has 38 heavy (non-hydrogen) atoms. The Labute approximate surface area is 236 Å². The highest BCUT2D eigenvalue weighted by atomic mass is 16.5. The number of hydrogen-bond donors (Lipinski definition) is 0. The predicted octanol–water partition coefficient (Wildman–Crippen LogP) is 9.92. The first kappa shape index (κ1) is 35.0. The highest BCUT2D eigenvalue weighted by Crippen LogP contribution is 2.36. The number of ether oxygens (including phenoxy) is 2. The van der Waals surface area contributed by atoms with E-state index in [9.17, 15) is 9.59 Å². The fraction of sp³-hybridized carbons (Fsp3) is 0.941. The number of hydrogen-bond acceptors (Lipinski definition) is 4. The van der Waals surface area contributed by atoms with Crippen LogP contribution in [0.4, 0.5) is 0 Å². The monoisotopic (exact) mass is 536 g/mol. The Bertz CT molecular complexity index is 589. The van der Waals surface area contributed by atoms with Crippen LogP contribution in [-0.4, -0.2) is 25.2 Å². The van der Waals surface area contributed by atoms with E-state index in [0.29, 0.717) is 35.9 Å². The normalized spacial score (nSPS) is 20.1. The molecule has 0 saturated heterocycles. The summed E-state index contributed by atoms with van der Waals surface area (Å²) >= 11 is 0. The topological polar surface area (TPSA) is 52.6 Å². The molecule has 4 nitrogen and oxygen atoms in total. The van der Waals surface area contributed by atoms with Gasteiger partial charge >= 0.3 is 11.9 Å². The van der Waals surface area contributed by atoms with Crippen molar-refractivity contribution in [2.75, 3.05) is 13.2 Å². The van der Waals surface area contributed by atoms with Gasteiger partial charge in [-0.3, -0.25) is 9.59 Å². The molecule has 0 heterocycles. The molecule has 0 aromatic rings. The van der Waals surface area contributed by atoms with Crippen LogP contribution in [0.5, 0.6) is 0 Å². The minimum absolute atomic E-state index is 0.0523. The van der Waals surface area contributed by atoms with E-state index in [1.54, 1.807) is 0 Å². The van der Waals surface area contributed by atoms with Crippen molar-refractivity contribution in [3.05, 3.63) is 0 Å². The maximum atomic E-state index is 12.5. The minimum Gasteiger partial charge on any atom is -0.465 e. The lowest BCUT2D eigenvalue weighted by molar-refractivity contribution is -0.155. The summed E-state index contributed by atoms with van der Waals surface area (Å²) in [4.78, 5) is 25.1. The molecule has 0 spiro atoms. The molecule has 1 aliphatic rings. The van der Waals surface area contributed by atoms with Gasteiger partial charge in [-0.25, -0.2) is 0 Å². The molecule has 1 rings (SSSR count). The van der Waals surface area contributed by atoms with Crippen LogP contribution in [-0.2, 0) is 19.1 Å². The molecule has 0 aliphatic heterocycles. The highest BCUT2D eigenvalue weighted by Gasteiger charge is 2.32. The fourth-order valence-corrected chi connectivity index (χ4v) is 5.79. The third-order valence-corrected chi connectivity index (χ3v) is 9.96. The fourth-order valence-electron chi connectivity index (χ4n) is 5.79. The predicted molar refractivity (Wildman–Crippen MR) is 160 cm³/mol. The largest absolute Gasteiger partial charge is 0.465 e. The van der Waals surface area contributed by atoms with Crippen LogP contribution >= 0.6 is 0 Å². The Kier molecular flexibility index (Phi) is 16.9. The van der Waals surface area contributed by atoms with Crippen molar-refractivity contribution in [2.24, 2.45) is 34.5 Å². The van der Waals surface area contributed by atoms with Gasteiger partial charge in [-0.05, 0) is 86.9 Å². The number of unbranched alkanes of at least 4 members (excludes halogenated alkanes) is 4. The quantitative estimate of drug-likeness (QED) is 0.115. The molecule has 1 saturated carbocycles. The second-order valence-corrected chi connectivity index (χ2v) is 13.9. The summed E-state index contributed by atoms with van der Waals surface area (Å²) in [6.07, 6.45) is 17.1. The summed E-state index contributed by atoms with van der Waals surface area (Å²) in [5.74, 6) is 1.14. The Morgan fingerprint density at radius 3 is 1.29 bits per heavy atom. The van der Waals surface area contributed by atoms with Crippen LogP contribution < -0.4 is 0 Å². The van der Waals surface area contributed by atoms with Crippen molar-refractivity contribution < 1.29 is 19.1 Å². The van der Waals surface area contributed by atoms with Crippen molar-refractivity contribution in [3.63, 3.8) is 0 Å². The molecule has 2 atom stereocenters. The van der Waals surface area contributed by atoms with Crippen LogP contribution in [0.3, 0.4) is 0 Å². The van der Waals surface area contributed by atoms with Crippen molar-refractivity contribution in [3.8, 4) is 0 Å². The van der Waals surface area contributed by atoms with Gasteiger partial charge in [-0.1, -0.05) is 93.9 Å². The van der Waals surface area contributed by atoms with E-state index in [-0.39, 0.29) is 23.8 Å². The molecule has 0 amide bonds. The number of esters is 2. The van der Waals surface area contributed by atoms with E-state index in [2.05, 4.69) is 55.4 Å². The van der Waals surface area contributed by atoms with E-state index in [1.807, 2.05) is 0 Å². The van der Waals surface area contributed by atoms with Crippen molar-refractivity contribution in [1.29, 1.82) is 0 Å². The standard InChI is InChI=1S/C34H64O4/c1-9-11-23-33(5,6)27(3)17-13-15-25-37-31(35)29-19-21-30(22-20-29)32(36)38-26-16-14-18-28(4)34(7,8)24-12-10-2/h27-30H,9-26H2,1-8H3. The van der Waals surface area contributed by atoms with Gasteiger partial charge in [0.05, 0.1) is 25.0 Å². The maximum absolute atomic E-state index is 12.5. The average Bonchev–Trinajstić information content (AvgIpc) is 2.89. The van der Waals surface area contributed by atoms with Crippen LogP contribution in [0.1, 0.15) is 158 Å². The van der Waals surface area contributed by atoms with Crippen LogP contribution in [0, 0.1) is 34.5 Å². The maximum Gasteiger partial charge on any atom is 0.308 e. The lowest BCUT2D eigenvalue weighted by Crippen LogP contribution is -2.28. The molecule has 0 aromatic carbocycles. The van der Waals surface area contributed by atoms with Gasteiger partial charge in [0.2, 0.25) is 0 Å². The first-order chi connectivity index (χ1) is 17.9. The van der Waals surface area contributed by atoms with E-state index in [1.165, 1.54) is 51.4 Å². The van der Waals surface area contributed by atoms with Crippen molar-refractivity contribution in [1.82, 2.24) is 0 Å². The van der Waals surface area contributed by atoms with E-state index >= 15 is 0 Å². The lowest BCUT2D eigenvalue weighted by Gasteiger charge is -2.32. The highest BCUT2D eigenvalue weighted by molar-refractivity contribution is 5.75. The Hall–Kier alpha value is -1.06. The van der Waals surface area contributed by atoms with Gasteiger partial charge in [-0.2, -0.15) is 0 Å². The second-order valence-electron chi connectivity index (χ2n) is 13.9. The molecule has 2 unspecified atom stereocenters. The van der Waals surface area contributed by atoms with E-state index in [0.717, 1.165) is 51.4 Å². The molecule has 4 heteroatoms. The third-order valence-electron chi connectivity index (χ3n) is 9.96. The first-order valence-electron chi connectivity index (χ1n) is 16.3. The number of carbonyl (C=O) groups is 2. The zero-order valence-electron chi connectivity index (χ0n) is 26.7. The molecule has 0 bridgehead atoms. The van der Waals surface area contributed by atoms with Gasteiger partial charge in [0.15, 0.2) is 0 Å². The molecule has 0 radical (unpaired) electrons. The van der Waals surface area contributed by atoms with Gasteiger partial charge in [-0.15, -0.1) is 0 Å². The number of carbonyl (C=O) groups excluding carboxylic acids is 2. The van der Waals surface area contributed by atoms with Crippen molar-refractivity contribution in [2.45, 2.75) is 158 Å². The summed E-state index contributed by atoms with van der Waals surface area (Å²) in [6.45, 7) is 19.8. The second kappa shape index (κ2) is 18.3. The third kappa shape index (κ3) is 13.3. The zero-order valence-corrected chi connectivity index (χ0v) is 26.7. The average molecular weight is 537 g/mol. The number of rotatable bonds is 20. The lowest BCUT2D eigenvalue weighted by atomic mass is 9.74. The van der Waals surface area contributed by atoms with Crippen LogP contribution in [0.2, 0.25) is 0 Å². The van der Waals surface area contributed by atoms with Gasteiger partial charge in [0.1, 0.15) is 0 Å². The van der Waals surface area contributed by atoms with Crippen LogP contribution in [0.25, 0.3) is 0 Å². The molecule has 1 aliphatic carbocycles. The molecular formula is C34H64O4.